The smallest absolute Gasteiger partial charge is 0.228 e. The highest BCUT2D eigenvalue weighted by atomic mass is 16.2. The van der Waals surface area contributed by atoms with E-state index >= 15 is 0 Å². The van der Waals surface area contributed by atoms with Gasteiger partial charge in [0, 0.05) is 30.4 Å². The van der Waals surface area contributed by atoms with Crippen LogP contribution in [0.25, 0.3) is 0 Å². The van der Waals surface area contributed by atoms with Gasteiger partial charge < -0.3 is 0 Å². The Morgan fingerprint density at radius 1 is 1.23 bits per heavy atom. The molecule has 2 atom stereocenters. The zero-order valence-corrected chi connectivity index (χ0v) is 13.1. The Bertz CT molecular complexity index is 637. The van der Waals surface area contributed by atoms with E-state index in [1.807, 2.05) is 33.8 Å². The molecule has 0 aliphatic carbocycles. The van der Waals surface area contributed by atoms with Gasteiger partial charge >= 0.3 is 0 Å². The first-order valence-electron chi connectivity index (χ1n) is 7.92. The van der Waals surface area contributed by atoms with Gasteiger partial charge in [0.25, 0.3) is 0 Å². The quantitative estimate of drug-likeness (QED) is 0.872. The lowest BCUT2D eigenvalue weighted by atomic mass is 10.0. The molecule has 22 heavy (non-hydrogen) atoms. The fourth-order valence-electron chi connectivity index (χ4n) is 3.22. The Morgan fingerprint density at radius 2 is 2.09 bits per heavy atom. The maximum atomic E-state index is 12.6. The summed E-state index contributed by atoms with van der Waals surface area (Å²) in [5.41, 5.74) is 1.04. The maximum Gasteiger partial charge on any atom is 0.228 e. The topological polar surface area (TPSA) is 51.0 Å². The number of rotatable bonds is 4. The molecule has 5 heteroatoms. The van der Waals surface area contributed by atoms with Crippen LogP contribution in [0.1, 0.15) is 44.8 Å². The lowest BCUT2D eigenvalue weighted by Crippen LogP contribution is -2.44. The monoisotopic (exact) mass is 298 g/mol. The van der Waals surface area contributed by atoms with E-state index in [1.165, 1.54) is 0 Å². The van der Waals surface area contributed by atoms with Crippen LogP contribution >= 0.6 is 0 Å². The van der Waals surface area contributed by atoms with E-state index in [0.717, 1.165) is 30.8 Å². The first-order valence-corrected chi connectivity index (χ1v) is 7.92. The van der Waals surface area contributed by atoms with E-state index in [0.29, 0.717) is 12.5 Å². The number of hydrogen-bond donors (Lipinski definition) is 0. The molecule has 3 heterocycles. The van der Waals surface area contributed by atoms with Gasteiger partial charge in [-0.3, -0.25) is 14.7 Å². The van der Waals surface area contributed by atoms with E-state index in [1.54, 1.807) is 12.4 Å². The minimum absolute atomic E-state index is 0.178. The molecule has 0 fully saturated rings. The van der Waals surface area contributed by atoms with Gasteiger partial charge in [-0.05, 0) is 45.2 Å². The van der Waals surface area contributed by atoms with Crippen LogP contribution in [0.15, 0.2) is 36.7 Å². The SMILES string of the molecule is C[C@@H]1C[C@H](C)n2nccc2N1C(=O)CCCc1ccccn1. The molecule has 0 unspecified atom stereocenters. The fourth-order valence-corrected chi connectivity index (χ4v) is 3.22. The second kappa shape index (κ2) is 6.30. The van der Waals surface area contributed by atoms with E-state index in [2.05, 4.69) is 23.9 Å². The Hall–Kier alpha value is -2.17. The van der Waals surface area contributed by atoms with Gasteiger partial charge in [-0.2, -0.15) is 5.10 Å². The van der Waals surface area contributed by atoms with Crippen molar-refractivity contribution in [2.24, 2.45) is 0 Å². The van der Waals surface area contributed by atoms with Gasteiger partial charge in [0.15, 0.2) is 0 Å². The summed E-state index contributed by atoms with van der Waals surface area (Å²) in [4.78, 5) is 18.8. The van der Waals surface area contributed by atoms with Crippen molar-refractivity contribution in [1.29, 1.82) is 0 Å². The van der Waals surface area contributed by atoms with Crippen LogP contribution in [-0.2, 0) is 11.2 Å². The molecule has 1 aliphatic heterocycles. The molecule has 0 radical (unpaired) electrons. The molecule has 0 spiro atoms. The number of aromatic nitrogens is 3. The van der Waals surface area contributed by atoms with Crippen molar-refractivity contribution in [1.82, 2.24) is 14.8 Å². The van der Waals surface area contributed by atoms with Crippen LogP contribution in [0.2, 0.25) is 0 Å². The second-order valence-electron chi connectivity index (χ2n) is 6.01. The largest absolute Gasteiger partial charge is 0.294 e. The van der Waals surface area contributed by atoms with Crippen molar-refractivity contribution in [3.05, 3.63) is 42.4 Å². The summed E-state index contributed by atoms with van der Waals surface area (Å²) in [5, 5.41) is 4.35. The second-order valence-corrected chi connectivity index (χ2v) is 6.01. The summed E-state index contributed by atoms with van der Waals surface area (Å²) in [5.74, 6) is 1.10. The molecule has 5 nitrogen and oxygen atoms in total. The van der Waals surface area contributed by atoms with Crippen molar-refractivity contribution in [2.45, 2.75) is 51.6 Å². The third-order valence-electron chi connectivity index (χ3n) is 4.26. The van der Waals surface area contributed by atoms with E-state index in [-0.39, 0.29) is 11.9 Å². The molecule has 1 aliphatic rings. The molecule has 0 bridgehead atoms. The number of nitrogens with zero attached hydrogens (tertiary/aromatic N) is 4. The van der Waals surface area contributed by atoms with Crippen LogP contribution in [0.3, 0.4) is 0 Å². The molecular formula is C17H22N4O. The first kappa shape index (κ1) is 14.8. The predicted molar refractivity (Wildman–Crippen MR) is 85.7 cm³/mol. The number of hydrogen-bond acceptors (Lipinski definition) is 3. The number of carbonyl (C=O) groups is 1. The van der Waals surface area contributed by atoms with Crippen molar-refractivity contribution < 1.29 is 4.79 Å². The van der Waals surface area contributed by atoms with Gasteiger partial charge in [-0.15, -0.1) is 0 Å². The summed E-state index contributed by atoms with van der Waals surface area (Å²) in [6, 6.07) is 8.40. The van der Waals surface area contributed by atoms with Crippen molar-refractivity contribution in [3.63, 3.8) is 0 Å². The highest BCUT2D eigenvalue weighted by molar-refractivity contribution is 5.93. The van der Waals surface area contributed by atoms with Crippen molar-refractivity contribution in [2.75, 3.05) is 4.90 Å². The first-order chi connectivity index (χ1) is 10.7. The molecule has 0 saturated carbocycles. The number of aryl methyl sites for hydroxylation is 1. The van der Waals surface area contributed by atoms with Gasteiger partial charge in [0.2, 0.25) is 5.91 Å². The number of fused-ring (bicyclic) bond motifs is 1. The van der Waals surface area contributed by atoms with Crippen molar-refractivity contribution in [3.8, 4) is 0 Å². The summed E-state index contributed by atoms with van der Waals surface area (Å²) < 4.78 is 1.96. The average molecular weight is 298 g/mol. The van der Waals surface area contributed by atoms with E-state index in [9.17, 15) is 4.79 Å². The maximum absolute atomic E-state index is 12.6. The number of carbonyl (C=O) groups excluding carboxylic acids is 1. The van der Waals surface area contributed by atoms with Crippen LogP contribution in [-0.4, -0.2) is 26.7 Å². The zero-order chi connectivity index (χ0) is 15.5. The molecule has 0 saturated heterocycles. The van der Waals surface area contributed by atoms with E-state index in [4.69, 9.17) is 0 Å². The molecule has 2 aromatic heterocycles. The number of amides is 1. The minimum atomic E-state index is 0.178. The van der Waals surface area contributed by atoms with Gasteiger partial charge in [0.05, 0.1) is 12.2 Å². The summed E-state index contributed by atoms with van der Waals surface area (Å²) in [6.45, 7) is 4.26. The molecule has 116 valence electrons. The number of anilines is 1. The minimum Gasteiger partial charge on any atom is -0.294 e. The highest BCUT2D eigenvalue weighted by Crippen LogP contribution is 2.31. The molecule has 3 rings (SSSR count). The molecule has 0 N–H and O–H groups in total. The normalized spacial score (nSPS) is 20.7. The average Bonchev–Trinajstić information content (AvgIpc) is 2.98. The Morgan fingerprint density at radius 3 is 2.86 bits per heavy atom. The molecular weight excluding hydrogens is 276 g/mol. The summed E-state index contributed by atoms with van der Waals surface area (Å²) in [6.07, 6.45) is 6.72. The van der Waals surface area contributed by atoms with Crippen molar-refractivity contribution >= 4 is 11.7 Å². The number of pyridine rings is 1. The third-order valence-corrected chi connectivity index (χ3v) is 4.26. The van der Waals surface area contributed by atoms with Crippen LogP contribution < -0.4 is 4.90 Å². The van der Waals surface area contributed by atoms with E-state index < -0.39 is 0 Å². The summed E-state index contributed by atoms with van der Waals surface area (Å²) in [7, 11) is 0. The third kappa shape index (κ3) is 2.89. The van der Waals surface area contributed by atoms with Crippen LogP contribution in [0, 0.1) is 0 Å². The summed E-state index contributed by atoms with van der Waals surface area (Å²) >= 11 is 0. The Balaban J connectivity index is 1.64. The molecule has 2 aromatic rings. The van der Waals surface area contributed by atoms with Crippen LogP contribution in [0.4, 0.5) is 5.82 Å². The zero-order valence-electron chi connectivity index (χ0n) is 13.1. The van der Waals surface area contributed by atoms with Gasteiger partial charge in [-0.25, -0.2) is 4.68 Å². The Kier molecular flexibility index (Phi) is 4.22. The fraction of sp³-hybridized carbons (Fsp3) is 0.471. The predicted octanol–water partition coefficient (Wildman–Crippen LogP) is 2.99. The van der Waals surface area contributed by atoms with Gasteiger partial charge in [-0.1, -0.05) is 6.07 Å². The molecule has 0 aromatic carbocycles. The van der Waals surface area contributed by atoms with Crippen LogP contribution in [0.5, 0.6) is 0 Å². The molecule has 1 amide bonds. The lowest BCUT2D eigenvalue weighted by Gasteiger charge is -2.37. The van der Waals surface area contributed by atoms with Gasteiger partial charge in [0.1, 0.15) is 5.82 Å². The highest BCUT2D eigenvalue weighted by Gasteiger charge is 2.31. The Labute approximate surface area is 131 Å². The lowest BCUT2D eigenvalue weighted by molar-refractivity contribution is -0.119. The standard InChI is InChI=1S/C17H22N4O/c1-13-12-14(2)21-16(9-11-19-21)20(13)17(22)8-5-7-15-6-3-4-10-18-15/h3-4,6,9-11,13-14H,5,7-8,12H2,1-2H3/t13-,14+/m1/s1.